The number of benzene rings is 1. The van der Waals surface area contributed by atoms with Gasteiger partial charge in [-0.3, -0.25) is 9.88 Å². The molecule has 1 aromatic carbocycles. The molecule has 0 unspecified atom stereocenters. The molecular formula is C22H21N5S. The highest BCUT2D eigenvalue weighted by atomic mass is 32.1. The number of pyridine rings is 1. The molecule has 0 N–H and O–H groups in total. The van der Waals surface area contributed by atoms with Crippen molar-refractivity contribution in [2.75, 3.05) is 31.1 Å². The third kappa shape index (κ3) is 3.48. The third-order valence-electron chi connectivity index (χ3n) is 5.16. The maximum Gasteiger partial charge on any atom is 0.163 e. The van der Waals surface area contributed by atoms with Crippen LogP contribution in [0.2, 0.25) is 0 Å². The van der Waals surface area contributed by atoms with Crippen molar-refractivity contribution in [3.05, 3.63) is 71.2 Å². The number of anilines is 1. The van der Waals surface area contributed by atoms with Crippen LogP contribution in [-0.2, 0) is 6.54 Å². The minimum Gasteiger partial charge on any atom is -0.353 e. The maximum absolute atomic E-state index is 4.95. The molecule has 3 aromatic heterocycles. The molecule has 0 atom stereocenters. The van der Waals surface area contributed by atoms with Crippen LogP contribution in [0.25, 0.3) is 22.3 Å². The van der Waals surface area contributed by atoms with Gasteiger partial charge in [0.1, 0.15) is 5.82 Å². The van der Waals surface area contributed by atoms with Gasteiger partial charge in [0.25, 0.3) is 0 Å². The fourth-order valence-electron chi connectivity index (χ4n) is 3.68. The van der Waals surface area contributed by atoms with Crippen molar-refractivity contribution >= 4 is 28.1 Å². The standard InChI is InChI=1S/C22H21N5S/c1-2-6-20-19(5-1)22(25-21(24-20)18-4-3-8-23-14-18)27-11-9-26(10-12-27)15-17-7-13-28-16-17/h1-8,13-14,16H,9-12,15H2. The summed E-state index contributed by atoms with van der Waals surface area (Å²) in [4.78, 5) is 18.9. The zero-order chi connectivity index (χ0) is 18.8. The number of para-hydroxylation sites is 1. The lowest BCUT2D eigenvalue weighted by molar-refractivity contribution is 0.250. The molecule has 0 bridgehead atoms. The molecule has 1 saturated heterocycles. The van der Waals surface area contributed by atoms with Gasteiger partial charge in [-0.1, -0.05) is 12.1 Å². The second kappa shape index (κ2) is 7.66. The van der Waals surface area contributed by atoms with Crippen LogP contribution >= 0.6 is 11.3 Å². The molecule has 1 aliphatic heterocycles. The number of hydrogen-bond acceptors (Lipinski definition) is 6. The van der Waals surface area contributed by atoms with E-state index in [0.717, 1.165) is 60.8 Å². The van der Waals surface area contributed by atoms with E-state index in [2.05, 4.69) is 49.8 Å². The van der Waals surface area contributed by atoms with E-state index < -0.39 is 0 Å². The molecule has 6 heteroatoms. The number of aromatic nitrogens is 3. The Morgan fingerprint density at radius 3 is 2.61 bits per heavy atom. The lowest BCUT2D eigenvalue weighted by Crippen LogP contribution is -2.46. The molecule has 0 aliphatic carbocycles. The molecule has 0 radical (unpaired) electrons. The first-order valence-corrected chi connectivity index (χ1v) is 10.5. The van der Waals surface area contributed by atoms with E-state index >= 15 is 0 Å². The number of hydrogen-bond donors (Lipinski definition) is 0. The Labute approximate surface area is 168 Å². The topological polar surface area (TPSA) is 45.2 Å². The lowest BCUT2D eigenvalue weighted by atomic mass is 10.2. The van der Waals surface area contributed by atoms with Gasteiger partial charge in [-0.15, -0.1) is 0 Å². The van der Waals surface area contributed by atoms with Crippen LogP contribution in [0.5, 0.6) is 0 Å². The number of nitrogens with zero attached hydrogens (tertiary/aromatic N) is 5. The average Bonchev–Trinajstić information content (AvgIpc) is 3.27. The van der Waals surface area contributed by atoms with E-state index in [1.54, 1.807) is 17.5 Å². The average molecular weight is 388 g/mol. The summed E-state index contributed by atoms with van der Waals surface area (Å²) in [5.41, 5.74) is 3.34. The SMILES string of the molecule is c1cncc(-c2nc(N3CCN(Cc4ccsc4)CC3)c3ccccc3n2)c1. The van der Waals surface area contributed by atoms with Gasteiger partial charge in [0.05, 0.1) is 5.52 Å². The van der Waals surface area contributed by atoms with Crippen molar-refractivity contribution in [1.29, 1.82) is 0 Å². The Balaban J connectivity index is 1.44. The normalized spacial score (nSPS) is 15.2. The zero-order valence-electron chi connectivity index (χ0n) is 15.5. The van der Waals surface area contributed by atoms with Crippen LogP contribution in [0.4, 0.5) is 5.82 Å². The first-order chi connectivity index (χ1) is 13.9. The van der Waals surface area contributed by atoms with Crippen LogP contribution in [0, 0.1) is 0 Å². The van der Waals surface area contributed by atoms with Gasteiger partial charge in [-0.25, -0.2) is 9.97 Å². The first-order valence-electron chi connectivity index (χ1n) is 9.52. The molecule has 0 spiro atoms. The van der Waals surface area contributed by atoms with Crippen LogP contribution in [0.3, 0.4) is 0 Å². The molecule has 4 aromatic rings. The van der Waals surface area contributed by atoms with Crippen molar-refractivity contribution in [2.45, 2.75) is 6.54 Å². The van der Waals surface area contributed by atoms with Crippen molar-refractivity contribution in [3.63, 3.8) is 0 Å². The summed E-state index contributed by atoms with van der Waals surface area (Å²) in [6.45, 7) is 5.05. The largest absolute Gasteiger partial charge is 0.353 e. The Hall–Kier alpha value is -2.83. The molecule has 0 amide bonds. The maximum atomic E-state index is 4.95. The molecule has 0 saturated carbocycles. The minimum atomic E-state index is 0.738. The quantitative estimate of drug-likeness (QED) is 0.528. The molecule has 4 heterocycles. The third-order valence-corrected chi connectivity index (χ3v) is 5.89. The number of thiophene rings is 1. The number of fused-ring (bicyclic) bond motifs is 1. The van der Waals surface area contributed by atoms with Gasteiger partial charge >= 0.3 is 0 Å². The van der Waals surface area contributed by atoms with Crippen LogP contribution in [0.1, 0.15) is 5.56 Å². The summed E-state index contributed by atoms with van der Waals surface area (Å²) in [6.07, 6.45) is 3.60. The summed E-state index contributed by atoms with van der Waals surface area (Å²) in [5.74, 6) is 1.77. The molecule has 28 heavy (non-hydrogen) atoms. The number of piperazine rings is 1. The molecule has 5 nitrogen and oxygen atoms in total. The van der Waals surface area contributed by atoms with E-state index in [-0.39, 0.29) is 0 Å². The van der Waals surface area contributed by atoms with Gasteiger partial charge in [-0.2, -0.15) is 11.3 Å². The molecule has 140 valence electrons. The van der Waals surface area contributed by atoms with E-state index in [1.165, 1.54) is 5.56 Å². The lowest BCUT2D eigenvalue weighted by Gasteiger charge is -2.35. The number of rotatable bonds is 4. The van der Waals surface area contributed by atoms with Gasteiger partial charge in [0.2, 0.25) is 0 Å². The first kappa shape index (κ1) is 17.3. The zero-order valence-corrected chi connectivity index (χ0v) is 16.3. The Morgan fingerprint density at radius 2 is 1.82 bits per heavy atom. The van der Waals surface area contributed by atoms with Gasteiger partial charge in [-0.05, 0) is 46.7 Å². The second-order valence-corrected chi connectivity index (χ2v) is 7.80. The van der Waals surface area contributed by atoms with Crippen molar-refractivity contribution in [2.24, 2.45) is 0 Å². The van der Waals surface area contributed by atoms with Crippen LogP contribution in [-0.4, -0.2) is 46.0 Å². The van der Waals surface area contributed by atoms with Crippen LogP contribution in [0.15, 0.2) is 65.6 Å². The predicted octanol–water partition coefficient (Wildman–Crippen LogP) is 4.08. The Morgan fingerprint density at radius 1 is 0.929 bits per heavy atom. The van der Waals surface area contributed by atoms with Gasteiger partial charge < -0.3 is 4.90 Å². The van der Waals surface area contributed by atoms with Crippen LogP contribution < -0.4 is 4.90 Å². The fourth-order valence-corrected chi connectivity index (χ4v) is 4.34. The monoisotopic (exact) mass is 387 g/mol. The van der Waals surface area contributed by atoms with E-state index in [0.29, 0.717) is 0 Å². The second-order valence-electron chi connectivity index (χ2n) is 7.02. The Bertz CT molecular complexity index is 1060. The summed E-state index contributed by atoms with van der Waals surface area (Å²) in [5, 5.41) is 5.50. The van der Waals surface area contributed by atoms with E-state index in [1.807, 2.05) is 24.4 Å². The van der Waals surface area contributed by atoms with E-state index in [9.17, 15) is 0 Å². The highest BCUT2D eigenvalue weighted by Crippen LogP contribution is 2.28. The van der Waals surface area contributed by atoms with Crippen molar-refractivity contribution in [3.8, 4) is 11.4 Å². The van der Waals surface area contributed by atoms with E-state index in [4.69, 9.17) is 9.97 Å². The highest BCUT2D eigenvalue weighted by molar-refractivity contribution is 7.07. The highest BCUT2D eigenvalue weighted by Gasteiger charge is 2.21. The van der Waals surface area contributed by atoms with Crippen molar-refractivity contribution in [1.82, 2.24) is 19.9 Å². The van der Waals surface area contributed by atoms with Gasteiger partial charge in [0, 0.05) is 56.1 Å². The fraction of sp³-hybridized carbons (Fsp3) is 0.227. The van der Waals surface area contributed by atoms with Gasteiger partial charge in [0.15, 0.2) is 5.82 Å². The molecule has 1 aliphatic rings. The smallest absolute Gasteiger partial charge is 0.163 e. The summed E-state index contributed by atoms with van der Waals surface area (Å²) in [6, 6.07) is 14.4. The Kier molecular flexibility index (Phi) is 4.72. The minimum absolute atomic E-state index is 0.738. The molecule has 5 rings (SSSR count). The molecular weight excluding hydrogens is 366 g/mol. The summed E-state index contributed by atoms with van der Waals surface area (Å²) in [7, 11) is 0. The van der Waals surface area contributed by atoms with Crippen molar-refractivity contribution < 1.29 is 0 Å². The molecule has 1 fully saturated rings. The predicted molar refractivity (Wildman–Crippen MR) is 115 cm³/mol. The summed E-state index contributed by atoms with van der Waals surface area (Å²) < 4.78 is 0. The summed E-state index contributed by atoms with van der Waals surface area (Å²) >= 11 is 1.77.